The van der Waals surface area contributed by atoms with Crippen LogP contribution >= 0.6 is 0 Å². The molecule has 13 heavy (non-hydrogen) atoms. The molecule has 0 heterocycles. The maximum absolute atomic E-state index is 12.6. The molecule has 3 heteroatoms. The predicted molar refractivity (Wildman–Crippen MR) is 45.4 cm³/mol. The quantitative estimate of drug-likeness (QED) is 0.660. The molecular formula is C10H11F3. The fourth-order valence-electron chi connectivity index (χ4n) is 1.26. The Kier molecular flexibility index (Phi) is 2.96. The summed E-state index contributed by atoms with van der Waals surface area (Å²) in [6.07, 6.45) is -2.60. The predicted octanol–water partition coefficient (Wildman–Crippen LogP) is 3.89. The molecule has 0 unspecified atom stereocenters. The van der Waals surface area contributed by atoms with Crippen molar-refractivity contribution in [2.24, 2.45) is 0 Å². The van der Waals surface area contributed by atoms with Gasteiger partial charge in [-0.3, -0.25) is 0 Å². The summed E-state index contributed by atoms with van der Waals surface area (Å²) in [6, 6.07) is 3.53. The first-order valence-corrected chi connectivity index (χ1v) is 4.10. The normalized spacial score (nSPS) is 11.3. The highest BCUT2D eigenvalue weighted by atomic mass is 19.3. The second-order valence-electron chi connectivity index (χ2n) is 3.23. The average Bonchev–Trinajstić information content (AvgIpc) is 2.03. The number of benzene rings is 1. The van der Waals surface area contributed by atoms with Crippen LogP contribution in [0, 0.1) is 5.82 Å². The lowest BCUT2D eigenvalue weighted by molar-refractivity contribution is 0.149. The molecule has 0 saturated heterocycles. The van der Waals surface area contributed by atoms with E-state index in [4.69, 9.17) is 0 Å². The topological polar surface area (TPSA) is 0 Å². The van der Waals surface area contributed by atoms with Crippen molar-refractivity contribution < 1.29 is 13.2 Å². The van der Waals surface area contributed by atoms with Crippen LogP contribution in [-0.2, 0) is 0 Å². The van der Waals surface area contributed by atoms with E-state index in [0.29, 0.717) is 5.56 Å². The van der Waals surface area contributed by atoms with Gasteiger partial charge in [-0.05, 0) is 23.6 Å². The molecule has 0 aliphatic carbocycles. The molecule has 1 aromatic carbocycles. The summed E-state index contributed by atoms with van der Waals surface area (Å²) in [4.78, 5) is 0. The molecule has 1 rings (SSSR count). The highest BCUT2D eigenvalue weighted by molar-refractivity contribution is 5.31. The van der Waals surface area contributed by atoms with Gasteiger partial charge in [-0.1, -0.05) is 19.9 Å². The first-order chi connectivity index (χ1) is 6.02. The van der Waals surface area contributed by atoms with Crippen molar-refractivity contribution in [1.29, 1.82) is 0 Å². The smallest absolute Gasteiger partial charge is 0.207 e. The van der Waals surface area contributed by atoms with Gasteiger partial charge in [-0.2, -0.15) is 0 Å². The number of hydrogen-bond donors (Lipinski definition) is 0. The Balaban J connectivity index is 3.19. The minimum absolute atomic E-state index is 0.00963. The third-order valence-corrected chi connectivity index (χ3v) is 1.91. The summed E-state index contributed by atoms with van der Waals surface area (Å²) in [5.74, 6) is -0.621. The molecule has 72 valence electrons. The molecule has 0 aromatic heterocycles. The van der Waals surface area contributed by atoms with Gasteiger partial charge in [0, 0.05) is 5.56 Å². The van der Waals surface area contributed by atoms with E-state index >= 15 is 0 Å². The van der Waals surface area contributed by atoms with Crippen LogP contribution in [0.5, 0.6) is 0 Å². The van der Waals surface area contributed by atoms with E-state index in [1.165, 1.54) is 12.1 Å². The average molecular weight is 188 g/mol. The molecule has 1 aromatic rings. The molecule has 0 bridgehead atoms. The van der Waals surface area contributed by atoms with Crippen molar-refractivity contribution in [3.63, 3.8) is 0 Å². The van der Waals surface area contributed by atoms with Gasteiger partial charge in [-0.25, -0.2) is 13.2 Å². The molecule has 0 saturated carbocycles. The van der Waals surface area contributed by atoms with Crippen molar-refractivity contribution in [2.45, 2.75) is 26.2 Å². The summed E-state index contributed by atoms with van der Waals surface area (Å²) in [5.41, 5.74) is 0.311. The van der Waals surface area contributed by atoms with E-state index in [9.17, 15) is 13.2 Å². The Labute approximate surface area is 75.4 Å². The molecule has 0 aliphatic heterocycles. The zero-order valence-corrected chi connectivity index (χ0v) is 7.52. The first-order valence-electron chi connectivity index (χ1n) is 4.10. The van der Waals surface area contributed by atoms with E-state index in [-0.39, 0.29) is 11.5 Å². The van der Waals surface area contributed by atoms with Gasteiger partial charge in [0.05, 0.1) is 0 Å². The standard InChI is InChI=1S/C10H11F3/c1-6(2)8-4-3-7(11)5-9(8)10(12)13/h3-6,10H,1-2H3. The van der Waals surface area contributed by atoms with Crippen LogP contribution in [0.1, 0.15) is 37.3 Å². The number of rotatable bonds is 2. The fourth-order valence-corrected chi connectivity index (χ4v) is 1.26. The lowest BCUT2D eigenvalue weighted by Crippen LogP contribution is -1.97. The van der Waals surface area contributed by atoms with Crippen molar-refractivity contribution in [2.75, 3.05) is 0 Å². The van der Waals surface area contributed by atoms with Crippen LogP contribution < -0.4 is 0 Å². The minimum atomic E-state index is -2.60. The summed E-state index contributed by atoms with van der Waals surface area (Å²) >= 11 is 0. The zero-order valence-electron chi connectivity index (χ0n) is 7.52. The van der Waals surface area contributed by atoms with Crippen molar-refractivity contribution in [1.82, 2.24) is 0 Å². The van der Waals surface area contributed by atoms with E-state index in [1.807, 2.05) is 0 Å². The maximum Gasteiger partial charge on any atom is 0.264 e. The van der Waals surface area contributed by atoms with Crippen LogP contribution in [-0.4, -0.2) is 0 Å². The summed E-state index contributed by atoms with van der Waals surface area (Å²) < 4.78 is 37.4. The van der Waals surface area contributed by atoms with Crippen molar-refractivity contribution in [3.8, 4) is 0 Å². The molecule has 0 atom stereocenters. The molecule has 0 N–H and O–H groups in total. The van der Waals surface area contributed by atoms with Crippen LogP contribution in [0.2, 0.25) is 0 Å². The molecule has 0 spiro atoms. The summed E-state index contributed by atoms with van der Waals surface area (Å²) in [5, 5.41) is 0. The van der Waals surface area contributed by atoms with Crippen LogP contribution in [0.15, 0.2) is 18.2 Å². The van der Waals surface area contributed by atoms with E-state index in [1.54, 1.807) is 13.8 Å². The third kappa shape index (κ3) is 2.23. The summed E-state index contributed by atoms with van der Waals surface area (Å²) in [7, 11) is 0. The van der Waals surface area contributed by atoms with E-state index in [2.05, 4.69) is 0 Å². The Morgan fingerprint density at radius 2 is 1.69 bits per heavy atom. The monoisotopic (exact) mass is 188 g/mol. The van der Waals surface area contributed by atoms with Crippen LogP contribution in [0.3, 0.4) is 0 Å². The van der Waals surface area contributed by atoms with Crippen molar-refractivity contribution in [3.05, 3.63) is 35.1 Å². The highest BCUT2D eigenvalue weighted by Crippen LogP contribution is 2.28. The largest absolute Gasteiger partial charge is 0.264 e. The second kappa shape index (κ2) is 3.81. The Morgan fingerprint density at radius 1 is 1.08 bits per heavy atom. The Morgan fingerprint density at radius 3 is 2.15 bits per heavy atom. The van der Waals surface area contributed by atoms with Gasteiger partial charge in [-0.15, -0.1) is 0 Å². The minimum Gasteiger partial charge on any atom is -0.207 e. The molecule has 0 fully saturated rings. The SMILES string of the molecule is CC(C)c1ccc(F)cc1C(F)F. The van der Waals surface area contributed by atoms with Gasteiger partial charge < -0.3 is 0 Å². The molecule has 0 nitrogen and oxygen atoms in total. The van der Waals surface area contributed by atoms with Gasteiger partial charge in [0.2, 0.25) is 0 Å². The van der Waals surface area contributed by atoms with Crippen LogP contribution in [0.4, 0.5) is 13.2 Å². The molecule has 0 amide bonds. The number of hydrogen-bond acceptors (Lipinski definition) is 0. The summed E-state index contributed by atoms with van der Waals surface area (Å²) in [6.45, 7) is 3.61. The van der Waals surface area contributed by atoms with Gasteiger partial charge in [0.25, 0.3) is 6.43 Å². The third-order valence-electron chi connectivity index (χ3n) is 1.91. The maximum atomic E-state index is 12.6. The zero-order chi connectivity index (χ0) is 10.0. The van der Waals surface area contributed by atoms with Gasteiger partial charge in [0.1, 0.15) is 5.82 Å². The second-order valence-corrected chi connectivity index (χ2v) is 3.23. The number of halogens is 3. The van der Waals surface area contributed by atoms with Gasteiger partial charge in [0.15, 0.2) is 0 Å². The number of alkyl halides is 2. The molecule has 0 radical (unpaired) electrons. The van der Waals surface area contributed by atoms with Crippen LogP contribution in [0.25, 0.3) is 0 Å². The fraction of sp³-hybridized carbons (Fsp3) is 0.400. The first kappa shape index (κ1) is 10.1. The molecule has 0 aliphatic rings. The lowest BCUT2D eigenvalue weighted by atomic mass is 9.97. The van der Waals surface area contributed by atoms with E-state index in [0.717, 1.165) is 6.07 Å². The Bertz CT molecular complexity index is 292. The van der Waals surface area contributed by atoms with Crippen molar-refractivity contribution >= 4 is 0 Å². The van der Waals surface area contributed by atoms with E-state index < -0.39 is 12.2 Å². The Hall–Kier alpha value is -0.990. The molecular weight excluding hydrogens is 177 g/mol. The highest BCUT2D eigenvalue weighted by Gasteiger charge is 2.15. The van der Waals surface area contributed by atoms with Gasteiger partial charge >= 0.3 is 0 Å². The lowest BCUT2D eigenvalue weighted by Gasteiger charge is -2.11.